The van der Waals surface area contributed by atoms with E-state index in [-0.39, 0.29) is 0 Å². The van der Waals surface area contributed by atoms with Crippen LogP contribution < -0.4 is 4.74 Å². The standard InChI is InChI=1S/C16H17N2O/c1-11-8-13(3)16-14(9-11)17-18(10-19-16)15-7-5-4-6-12(15)2/h4-9H,10H2,1-3H3/q+1. The third-order valence-corrected chi connectivity index (χ3v) is 3.35. The number of azo groups is 2. The highest BCUT2D eigenvalue weighted by Crippen LogP contribution is 2.36. The van der Waals surface area contributed by atoms with Gasteiger partial charge in [0.1, 0.15) is 0 Å². The molecule has 0 fully saturated rings. The van der Waals surface area contributed by atoms with Crippen LogP contribution in [0.3, 0.4) is 0 Å². The van der Waals surface area contributed by atoms with Gasteiger partial charge in [0.2, 0.25) is 5.69 Å². The Hall–Kier alpha value is -2.16. The Labute approximate surface area is 113 Å². The molecule has 3 rings (SSSR count). The van der Waals surface area contributed by atoms with Gasteiger partial charge < -0.3 is 4.74 Å². The van der Waals surface area contributed by atoms with E-state index in [1.807, 2.05) is 16.8 Å². The van der Waals surface area contributed by atoms with E-state index in [1.54, 1.807) is 0 Å². The first-order valence-electron chi connectivity index (χ1n) is 6.44. The molecule has 0 radical (unpaired) electrons. The number of fused-ring (bicyclic) bond motifs is 1. The van der Waals surface area contributed by atoms with Gasteiger partial charge in [-0.15, -0.1) is 0 Å². The molecule has 0 unspecified atom stereocenters. The number of benzene rings is 2. The molecule has 0 N–H and O–H groups in total. The molecule has 0 saturated heterocycles. The topological polar surface area (TPSA) is 24.6 Å². The van der Waals surface area contributed by atoms with Crippen molar-refractivity contribution in [3.63, 3.8) is 0 Å². The first-order chi connectivity index (χ1) is 9.15. The molecule has 0 atom stereocenters. The Morgan fingerprint density at radius 1 is 1.05 bits per heavy atom. The monoisotopic (exact) mass is 253 g/mol. The number of hydrogen-bond donors (Lipinski definition) is 0. The Bertz CT molecular complexity index is 674. The van der Waals surface area contributed by atoms with Crippen molar-refractivity contribution in [1.82, 2.24) is 0 Å². The lowest BCUT2D eigenvalue weighted by Gasteiger charge is -2.14. The molecule has 0 amide bonds. The van der Waals surface area contributed by atoms with Crippen LogP contribution in [0, 0.1) is 20.8 Å². The van der Waals surface area contributed by atoms with E-state index in [0.717, 1.165) is 22.7 Å². The molecule has 1 aliphatic heterocycles. The van der Waals surface area contributed by atoms with E-state index in [2.05, 4.69) is 45.0 Å². The van der Waals surface area contributed by atoms with Crippen LogP contribution in [0.4, 0.5) is 11.4 Å². The van der Waals surface area contributed by atoms with Crippen molar-refractivity contribution >= 4 is 11.4 Å². The van der Waals surface area contributed by atoms with Crippen LogP contribution in [0.2, 0.25) is 0 Å². The van der Waals surface area contributed by atoms with Crippen LogP contribution in [0.1, 0.15) is 16.7 Å². The summed E-state index contributed by atoms with van der Waals surface area (Å²) in [4.78, 5) is 0. The SMILES string of the molecule is Cc1cc(C)c2c(c1)N=[N+](c1ccccc1C)CO2. The van der Waals surface area contributed by atoms with Gasteiger partial charge in [-0.2, -0.15) is 0 Å². The Morgan fingerprint density at radius 3 is 2.63 bits per heavy atom. The fourth-order valence-corrected chi connectivity index (χ4v) is 2.46. The Balaban J connectivity index is 2.12. The second kappa shape index (κ2) is 4.50. The lowest BCUT2D eigenvalue weighted by Crippen LogP contribution is -2.16. The van der Waals surface area contributed by atoms with Gasteiger partial charge >= 0.3 is 6.73 Å². The lowest BCUT2D eigenvalue weighted by molar-refractivity contribution is -0.545. The summed E-state index contributed by atoms with van der Waals surface area (Å²) in [6, 6.07) is 12.4. The first-order valence-corrected chi connectivity index (χ1v) is 6.44. The lowest BCUT2D eigenvalue weighted by atomic mass is 10.1. The van der Waals surface area contributed by atoms with E-state index in [9.17, 15) is 0 Å². The second-order valence-electron chi connectivity index (χ2n) is 4.99. The quantitative estimate of drug-likeness (QED) is 0.692. The molecule has 0 bridgehead atoms. The largest absolute Gasteiger partial charge is 0.431 e. The number of hydrogen-bond acceptors (Lipinski definition) is 2. The minimum atomic E-state index is 0.460. The van der Waals surface area contributed by atoms with E-state index >= 15 is 0 Å². The number of para-hydroxylation sites is 1. The van der Waals surface area contributed by atoms with Crippen molar-refractivity contribution in [3.8, 4) is 5.75 Å². The zero-order valence-corrected chi connectivity index (χ0v) is 11.5. The summed E-state index contributed by atoms with van der Waals surface area (Å²) >= 11 is 0. The molecule has 3 nitrogen and oxygen atoms in total. The number of ether oxygens (including phenoxy) is 1. The van der Waals surface area contributed by atoms with Crippen LogP contribution >= 0.6 is 0 Å². The highest BCUT2D eigenvalue weighted by atomic mass is 16.5. The highest BCUT2D eigenvalue weighted by molar-refractivity contribution is 5.57. The molecule has 3 heteroatoms. The maximum atomic E-state index is 5.86. The molecule has 96 valence electrons. The molecule has 1 aliphatic rings. The maximum absolute atomic E-state index is 5.86. The van der Waals surface area contributed by atoms with Crippen LogP contribution in [-0.4, -0.2) is 11.4 Å². The average molecular weight is 253 g/mol. The third-order valence-electron chi connectivity index (χ3n) is 3.35. The molecule has 0 aromatic heterocycles. The highest BCUT2D eigenvalue weighted by Gasteiger charge is 2.23. The van der Waals surface area contributed by atoms with Gasteiger partial charge in [-0.1, -0.05) is 24.3 Å². The van der Waals surface area contributed by atoms with Crippen molar-refractivity contribution in [3.05, 3.63) is 53.1 Å². The predicted molar refractivity (Wildman–Crippen MR) is 74.6 cm³/mol. The van der Waals surface area contributed by atoms with Crippen molar-refractivity contribution < 1.29 is 9.43 Å². The molecule has 0 saturated carbocycles. The second-order valence-corrected chi connectivity index (χ2v) is 4.99. The minimum Gasteiger partial charge on any atom is -0.431 e. The Morgan fingerprint density at radius 2 is 1.84 bits per heavy atom. The van der Waals surface area contributed by atoms with Gasteiger partial charge in [0, 0.05) is 16.7 Å². The summed E-state index contributed by atoms with van der Waals surface area (Å²) in [5.41, 5.74) is 5.54. The molecule has 2 aromatic rings. The molecule has 19 heavy (non-hydrogen) atoms. The van der Waals surface area contributed by atoms with Crippen LogP contribution in [-0.2, 0) is 0 Å². The van der Waals surface area contributed by atoms with Gasteiger partial charge in [0.25, 0.3) is 0 Å². The van der Waals surface area contributed by atoms with Crippen molar-refractivity contribution in [2.75, 3.05) is 6.73 Å². The number of nitrogens with zero attached hydrogens (tertiary/aromatic N) is 2. The Kier molecular flexibility index (Phi) is 2.82. The predicted octanol–water partition coefficient (Wildman–Crippen LogP) is 4.39. The molecule has 0 spiro atoms. The van der Waals surface area contributed by atoms with Gasteiger partial charge in [0.05, 0.1) is 0 Å². The zero-order valence-electron chi connectivity index (χ0n) is 11.5. The summed E-state index contributed by atoms with van der Waals surface area (Å²) in [6.45, 7) is 6.68. The van der Waals surface area contributed by atoms with Gasteiger partial charge in [-0.05, 0) is 42.7 Å². The van der Waals surface area contributed by atoms with Crippen LogP contribution in [0.25, 0.3) is 0 Å². The first kappa shape index (κ1) is 11.9. The summed E-state index contributed by atoms with van der Waals surface area (Å²) < 4.78 is 7.78. The smallest absolute Gasteiger partial charge is 0.317 e. The van der Waals surface area contributed by atoms with E-state index in [0.29, 0.717) is 6.73 Å². The van der Waals surface area contributed by atoms with E-state index in [1.165, 1.54) is 11.1 Å². The fourth-order valence-electron chi connectivity index (χ4n) is 2.46. The number of rotatable bonds is 1. The maximum Gasteiger partial charge on any atom is 0.317 e. The summed E-state index contributed by atoms with van der Waals surface area (Å²) in [6.07, 6.45) is 0. The van der Waals surface area contributed by atoms with Crippen molar-refractivity contribution in [2.24, 2.45) is 5.11 Å². The van der Waals surface area contributed by atoms with Gasteiger partial charge in [-0.25, -0.2) is 0 Å². The molecular formula is C16H17N2O+. The van der Waals surface area contributed by atoms with E-state index < -0.39 is 0 Å². The summed E-state index contributed by atoms with van der Waals surface area (Å²) in [7, 11) is 0. The molecule has 2 aromatic carbocycles. The third kappa shape index (κ3) is 2.12. The summed E-state index contributed by atoms with van der Waals surface area (Å²) in [5.74, 6) is 0.899. The van der Waals surface area contributed by atoms with Gasteiger partial charge in [0.15, 0.2) is 11.4 Å². The van der Waals surface area contributed by atoms with E-state index in [4.69, 9.17) is 9.85 Å². The molecular weight excluding hydrogens is 236 g/mol. The minimum absolute atomic E-state index is 0.460. The van der Waals surface area contributed by atoms with Crippen LogP contribution in [0.5, 0.6) is 5.75 Å². The zero-order chi connectivity index (χ0) is 13.4. The molecule has 0 aliphatic carbocycles. The fraction of sp³-hybridized carbons (Fsp3) is 0.250. The summed E-state index contributed by atoms with van der Waals surface area (Å²) in [5, 5.41) is 4.71. The normalized spacial score (nSPS) is 13.5. The average Bonchev–Trinajstić information content (AvgIpc) is 2.38. The van der Waals surface area contributed by atoms with Crippen molar-refractivity contribution in [1.29, 1.82) is 0 Å². The molecule has 1 heterocycles. The van der Waals surface area contributed by atoms with Crippen LogP contribution in [0.15, 0.2) is 41.5 Å². The number of aryl methyl sites for hydroxylation is 3. The van der Waals surface area contributed by atoms with Crippen molar-refractivity contribution in [2.45, 2.75) is 20.8 Å². The van der Waals surface area contributed by atoms with Gasteiger partial charge in [-0.3, -0.25) is 0 Å².